The summed E-state index contributed by atoms with van der Waals surface area (Å²) in [5.41, 5.74) is 2.65. The highest BCUT2D eigenvalue weighted by molar-refractivity contribution is 7.90. The van der Waals surface area contributed by atoms with Crippen molar-refractivity contribution in [3.05, 3.63) is 47.3 Å². The largest absolute Gasteiger partial charge is 0.331 e. The number of hydrogen-bond acceptors (Lipinski definition) is 5. The highest BCUT2D eigenvalue weighted by Crippen LogP contribution is 2.40. The number of rotatable bonds is 4. The lowest BCUT2D eigenvalue weighted by molar-refractivity contribution is 0.0694. The summed E-state index contributed by atoms with van der Waals surface area (Å²) in [6.45, 7) is 2.45. The normalized spacial score (nSPS) is 17.5. The van der Waals surface area contributed by atoms with E-state index in [0.717, 1.165) is 24.7 Å². The maximum absolute atomic E-state index is 13.0. The van der Waals surface area contributed by atoms with E-state index in [9.17, 15) is 13.2 Å². The van der Waals surface area contributed by atoms with Crippen LogP contribution in [0.15, 0.2) is 35.4 Å². The molecule has 1 aliphatic heterocycles. The van der Waals surface area contributed by atoms with Crippen LogP contribution < -0.4 is 0 Å². The van der Waals surface area contributed by atoms with Crippen molar-refractivity contribution in [2.75, 3.05) is 6.26 Å². The molecule has 1 aromatic heterocycles. The maximum atomic E-state index is 13.0. The fraction of sp³-hybridized carbons (Fsp3) is 0.350. The van der Waals surface area contributed by atoms with Gasteiger partial charge in [0.05, 0.1) is 10.5 Å². The van der Waals surface area contributed by atoms with Crippen LogP contribution in [0.25, 0.3) is 11.1 Å². The first-order valence-electron chi connectivity index (χ1n) is 8.84. The first-order chi connectivity index (χ1) is 12.8. The Morgan fingerprint density at radius 3 is 2.63 bits per heavy atom. The van der Waals surface area contributed by atoms with E-state index in [0.29, 0.717) is 29.2 Å². The molecule has 1 aliphatic carbocycles. The highest BCUT2D eigenvalue weighted by Gasteiger charge is 2.40. The summed E-state index contributed by atoms with van der Waals surface area (Å²) in [7, 11) is -3.59. The summed E-state index contributed by atoms with van der Waals surface area (Å²) in [6, 6.07) is 8.84. The number of fused-ring (bicyclic) bond motifs is 1. The molecule has 2 aromatic rings. The van der Waals surface area contributed by atoms with Gasteiger partial charge >= 0.3 is 0 Å². The minimum absolute atomic E-state index is 0.0563. The Morgan fingerprint density at radius 1 is 1.26 bits per heavy atom. The average molecular weight is 381 g/mol. The Morgan fingerprint density at radius 2 is 2.00 bits per heavy atom. The SMILES string of the molecule is C[C@@H](C1CC1)N1Cc2cc(-c3ccnc(C#N)c3)cc(S(C)(=O)=O)c2C1=O. The van der Waals surface area contributed by atoms with Crippen LogP contribution in [0.4, 0.5) is 0 Å². The molecule has 1 fully saturated rings. The van der Waals surface area contributed by atoms with Crippen molar-refractivity contribution in [2.45, 2.75) is 37.2 Å². The van der Waals surface area contributed by atoms with Gasteiger partial charge in [-0.25, -0.2) is 13.4 Å². The van der Waals surface area contributed by atoms with Gasteiger partial charge in [0.2, 0.25) is 0 Å². The van der Waals surface area contributed by atoms with Crippen LogP contribution in [0.1, 0.15) is 41.4 Å². The van der Waals surface area contributed by atoms with Crippen LogP contribution in [-0.4, -0.2) is 36.5 Å². The number of carbonyl (C=O) groups excluding carboxylic acids is 1. The topological polar surface area (TPSA) is 91.1 Å². The number of benzene rings is 1. The van der Waals surface area contributed by atoms with Crippen molar-refractivity contribution in [1.82, 2.24) is 9.88 Å². The minimum Gasteiger partial charge on any atom is -0.331 e. The van der Waals surface area contributed by atoms with Crippen molar-refractivity contribution in [3.63, 3.8) is 0 Å². The first kappa shape index (κ1) is 17.7. The minimum atomic E-state index is -3.59. The van der Waals surface area contributed by atoms with Crippen LogP contribution in [-0.2, 0) is 16.4 Å². The zero-order valence-corrected chi connectivity index (χ0v) is 16.0. The quantitative estimate of drug-likeness (QED) is 0.812. The van der Waals surface area contributed by atoms with Crippen LogP contribution in [0.2, 0.25) is 0 Å². The van der Waals surface area contributed by atoms with Gasteiger partial charge in [0.1, 0.15) is 11.8 Å². The predicted molar refractivity (Wildman–Crippen MR) is 99.6 cm³/mol. The molecule has 4 rings (SSSR count). The molecular weight excluding hydrogens is 362 g/mol. The lowest BCUT2D eigenvalue weighted by Crippen LogP contribution is -2.35. The molecule has 2 aliphatic rings. The molecule has 7 heteroatoms. The molecule has 0 radical (unpaired) electrons. The molecule has 0 bridgehead atoms. The van der Waals surface area contributed by atoms with Gasteiger partial charge in [0.15, 0.2) is 9.84 Å². The van der Waals surface area contributed by atoms with E-state index >= 15 is 0 Å². The van der Waals surface area contributed by atoms with E-state index in [2.05, 4.69) is 4.98 Å². The van der Waals surface area contributed by atoms with E-state index < -0.39 is 9.84 Å². The molecule has 0 N–H and O–H groups in total. The van der Waals surface area contributed by atoms with E-state index in [4.69, 9.17) is 5.26 Å². The summed E-state index contributed by atoms with van der Waals surface area (Å²) in [5.74, 6) is 0.298. The Labute approximate surface area is 158 Å². The predicted octanol–water partition coefficient (Wildman–Crippen LogP) is 2.78. The highest BCUT2D eigenvalue weighted by atomic mass is 32.2. The monoisotopic (exact) mass is 381 g/mol. The second-order valence-electron chi connectivity index (χ2n) is 7.33. The molecule has 0 saturated heterocycles. The van der Waals surface area contributed by atoms with Gasteiger partial charge in [0.25, 0.3) is 5.91 Å². The van der Waals surface area contributed by atoms with Crippen LogP contribution in [0.5, 0.6) is 0 Å². The summed E-state index contributed by atoms with van der Waals surface area (Å²) in [5, 5.41) is 9.08. The fourth-order valence-electron chi connectivity index (χ4n) is 3.73. The summed E-state index contributed by atoms with van der Waals surface area (Å²) in [4.78, 5) is 18.8. The Kier molecular flexibility index (Phi) is 4.04. The maximum Gasteiger partial charge on any atom is 0.256 e. The Hall–Kier alpha value is -2.72. The van der Waals surface area contributed by atoms with Gasteiger partial charge in [-0.15, -0.1) is 0 Å². The van der Waals surface area contributed by atoms with E-state index in [1.165, 1.54) is 12.3 Å². The number of hydrogen-bond donors (Lipinski definition) is 0. The zero-order chi connectivity index (χ0) is 19.3. The molecule has 6 nitrogen and oxygen atoms in total. The van der Waals surface area contributed by atoms with Gasteiger partial charge in [-0.2, -0.15) is 5.26 Å². The molecule has 1 saturated carbocycles. The molecule has 1 aromatic carbocycles. The average Bonchev–Trinajstić information content (AvgIpc) is 3.44. The molecule has 2 heterocycles. The van der Waals surface area contributed by atoms with Crippen LogP contribution >= 0.6 is 0 Å². The molecular formula is C20H19N3O3S. The molecule has 138 valence electrons. The van der Waals surface area contributed by atoms with Crippen molar-refractivity contribution in [2.24, 2.45) is 5.92 Å². The Bertz CT molecular complexity index is 1100. The van der Waals surface area contributed by atoms with E-state index in [1.807, 2.05) is 19.1 Å². The smallest absolute Gasteiger partial charge is 0.256 e. The number of nitriles is 1. The number of carbonyl (C=O) groups is 1. The third kappa shape index (κ3) is 3.10. The van der Waals surface area contributed by atoms with Crippen LogP contribution in [0.3, 0.4) is 0 Å². The standard InChI is InChI=1S/C20H19N3O3S/c1-12(13-3-4-13)23-11-16-7-15(14-5-6-22-17(8-14)10-21)9-18(27(2,25)26)19(16)20(23)24/h5-9,12-13H,3-4,11H2,1-2H3/t12-/m0/s1. The number of nitrogens with zero attached hydrogens (tertiary/aromatic N) is 3. The number of sulfone groups is 1. The second-order valence-corrected chi connectivity index (χ2v) is 9.32. The van der Waals surface area contributed by atoms with Crippen molar-refractivity contribution in [3.8, 4) is 17.2 Å². The third-order valence-corrected chi connectivity index (χ3v) is 6.52. The summed E-state index contributed by atoms with van der Waals surface area (Å²) in [6.07, 6.45) is 4.87. The number of aromatic nitrogens is 1. The zero-order valence-electron chi connectivity index (χ0n) is 15.1. The number of pyridine rings is 1. The van der Waals surface area contributed by atoms with Crippen molar-refractivity contribution >= 4 is 15.7 Å². The van der Waals surface area contributed by atoms with Crippen LogP contribution in [0, 0.1) is 17.2 Å². The molecule has 27 heavy (non-hydrogen) atoms. The van der Waals surface area contributed by atoms with Gasteiger partial charge in [-0.1, -0.05) is 0 Å². The molecule has 0 unspecified atom stereocenters. The third-order valence-electron chi connectivity index (χ3n) is 5.40. The lowest BCUT2D eigenvalue weighted by atomic mass is 10.0. The lowest BCUT2D eigenvalue weighted by Gasteiger charge is -2.24. The van der Waals surface area contributed by atoms with Crippen molar-refractivity contribution in [1.29, 1.82) is 5.26 Å². The summed E-state index contributed by atoms with van der Waals surface area (Å²) >= 11 is 0. The molecule has 0 spiro atoms. The number of amides is 1. The second kappa shape index (κ2) is 6.17. The molecule has 1 atom stereocenters. The molecule has 1 amide bonds. The van der Waals surface area contributed by atoms with Gasteiger partial charge in [0, 0.05) is 25.0 Å². The van der Waals surface area contributed by atoms with Crippen molar-refractivity contribution < 1.29 is 13.2 Å². The van der Waals surface area contributed by atoms with Gasteiger partial charge in [-0.3, -0.25) is 4.79 Å². The van der Waals surface area contributed by atoms with Gasteiger partial charge < -0.3 is 4.90 Å². The fourth-order valence-corrected chi connectivity index (χ4v) is 4.66. The summed E-state index contributed by atoms with van der Waals surface area (Å²) < 4.78 is 24.9. The first-order valence-corrected chi connectivity index (χ1v) is 10.7. The van der Waals surface area contributed by atoms with E-state index in [-0.39, 0.29) is 22.5 Å². The van der Waals surface area contributed by atoms with E-state index in [1.54, 1.807) is 17.0 Å². The van der Waals surface area contributed by atoms with Gasteiger partial charge in [-0.05, 0) is 66.6 Å². The Balaban J connectivity index is 1.86.